The lowest BCUT2D eigenvalue weighted by Crippen LogP contribution is -2.52. The van der Waals surface area contributed by atoms with Crippen LogP contribution in [-0.2, 0) is 15.8 Å². The van der Waals surface area contributed by atoms with Crippen molar-refractivity contribution in [1.82, 2.24) is 15.2 Å². The Bertz CT molecular complexity index is 720. The van der Waals surface area contributed by atoms with Gasteiger partial charge in [0.25, 0.3) is 0 Å². The second-order valence-corrected chi connectivity index (χ2v) is 8.46. The fourth-order valence-corrected chi connectivity index (χ4v) is 3.42. The normalized spacial score (nSPS) is 16.6. The molecule has 2 amide bonds. The number of hydrogen-bond donors (Lipinski definition) is 1. The molecule has 2 heterocycles. The van der Waals surface area contributed by atoms with Gasteiger partial charge < -0.3 is 15.1 Å². The van der Waals surface area contributed by atoms with Gasteiger partial charge in [0.05, 0.1) is 5.56 Å². The highest BCUT2D eigenvalue weighted by Crippen LogP contribution is 2.29. The van der Waals surface area contributed by atoms with E-state index in [1.165, 1.54) is 6.07 Å². The van der Waals surface area contributed by atoms with Crippen LogP contribution in [0.4, 0.5) is 19.0 Å². The molecule has 2 rings (SSSR count). The predicted octanol–water partition coefficient (Wildman–Crippen LogP) is 3.33. The van der Waals surface area contributed by atoms with Gasteiger partial charge in [-0.1, -0.05) is 27.7 Å². The number of aromatic nitrogens is 1. The van der Waals surface area contributed by atoms with Crippen LogP contribution in [0.5, 0.6) is 0 Å². The molecule has 30 heavy (non-hydrogen) atoms. The van der Waals surface area contributed by atoms with Crippen molar-refractivity contribution in [2.75, 3.05) is 31.1 Å². The Balaban J connectivity index is 2.02. The van der Waals surface area contributed by atoms with E-state index in [4.69, 9.17) is 0 Å². The molecule has 1 aromatic rings. The minimum absolute atomic E-state index is 0.0513. The number of nitrogens with zero attached hydrogens (tertiary/aromatic N) is 3. The van der Waals surface area contributed by atoms with Crippen molar-refractivity contribution >= 4 is 17.6 Å². The van der Waals surface area contributed by atoms with E-state index in [0.717, 1.165) is 12.3 Å². The molecule has 6 nitrogen and oxygen atoms in total. The number of carbonyl (C=O) groups excluding carboxylic acids is 2. The molecule has 168 valence electrons. The summed E-state index contributed by atoms with van der Waals surface area (Å²) in [7, 11) is 0. The first kappa shape index (κ1) is 24.0. The number of halogens is 3. The first-order chi connectivity index (χ1) is 14.0. The summed E-state index contributed by atoms with van der Waals surface area (Å²) in [6.45, 7) is 9.70. The van der Waals surface area contributed by atoms with Crippen LogP contribution in [-0.4, -0.2) is 53.9 Å². The van der Waals surface area contributed by atoms with E-state index in [-0.39, 0.29) is 23.7 Å². The molecule has 0 radical (unpaired) electrons. The molecule has 0 bridgehead atoms. The number of anilines is 1. The van der Waals surface area contributed by atoms with Gasteiger partial charge in [-0.2, -0.15) is 13.2 Å². The third-order valence-corrected chi connectivity index (χ3v) is 5.05. The van der Waals surface area contributed by atoms with E-state index in [9.17, 15) is 22.8 Å². The molecule has 0 spiro atoms. The molecular formula is C21H31F3N4O2. The van der Waals surface area contributed by atoms with Crippen LogP contribution in [0, 0.1) is 11.8 Å². The summed E-state index contributed by atoms with van der Waals surface area (Å²) in [5.41, 5.74) is -0.783. The lowest BCUT2D eigenvalue weighted by Gasteiger charge is -2.29. The Labute approximate surface area is 175 Å². The van der Waals surface area contributed by atoms with Crippen LogP contribution in [0.3, 0.4) is 0 Å². The topological polar surface area (TPSA) is 65.5 Å². The monoisotopic (exact) mass is 428 g/mol. The maximum Gasteiger partial charge on any atom is 0.417 e. The number of alkyl halides is 3. The van der Waals surface area contributed by atoms with Crippen molar-refractivity contribution in [3.05, 3.63) is 23.9 Å². The first-order valence-electron chi connectivity index (χ1n) is 10.4. The third-order valence-electron chi connectivity index (χ3n) is 5.05. The number of nitrogens with one attached hydrogen (secondary N) is 1. The van der Waals surface area contributed by atoms with E-state index in [1.807, 2.05) is 32.6 Å². The van der Waals surface area contributed by atoms with E-state index >= 15 is 0 Å². The number of hydrogen-bond acceptors (Lipinski definition) is 4. The van der Waals surface area contributed by atoms with Gasteiger partial charge in [-0.15, -0.1) is 0 Å². The van der Waals surface area contributed by atoms with E-state index in [0.29, 0.717) is 44.8 Å². The van der Waals surface area contributed by atoms with Crippen molar-refractivity contribution in [3.63, 3.8) is 0 Å². The zero-order chi connectivity index (χ0) is 22.5. The summed E-state index contributed by atoms with van der Waals surface area (Å²) in [4.78, 5) is 32.8. The molecule has 1 fully saturated rings. The Morgan fingerprint density at radius 1 is 1.10 bits per heavy atom. The first-order valence-corrected chi connectivity index (χ1v) is 10.4. The number of amides is 2. The molecule has 1 aliphatic rings. The summed E-state index contributed by atoms with van der Waals surface area (Å²) in [6, 6.07) is 1.80. The Morgan fingerprint density at radius 2 is 1.80 bits per heavy atom. The van der Waals surface area contributed by atoms with Crippen LogP contribution in [0.2, 0.25) is 0 Å². The average molecular weight is 428 g/mol. The Hall–Kier alpha value is -2.32. The van der Waals surface area contributed by atoms with Gasteiger partial charge in [-0.3, -0.25) is 9.59 Å². The minimum atomic E-state index is -4.42. The molecule has 9 heteroatoms. The largest absolute Gasteiger partial charge is 0.417 e. The fraction of sp³-hybridized carbons (Fsp3) is 0.667. The summed E-state index contributed by atoms with van der Waals surface area (Å²) < 4.78 is 38.2. The summed E-state index contributed by atoms with van der Waals surface area (Å²) >= 11 is 0. The Morgan fingerprint density at radius 3 is 2.33 bits per heavy atom. The summed E-state index contributed by atoms with van der Waals surface area (Å²) in [6.07, 6.45) is -2.55. The number of carbonyl (C=O) groups is 2. The van der Waals surface area contributed by atoms with E-state index < -0.39 is 17.8 Å². The zero-order valence-corrected chi connectivity index (χ0v) is 18.0. The van der Waals surface area contributed by atoms with Crippen LogP contribution >= 0.6 is 0 Å². The minimum Gasteiger partial charge on any atom is -0.355 e. The summed E-state index contributed by atoms with van der Waals surface area (Å²) in [5, 5.41) is 2.87. The average Bonchev–Trinajstić information content (AvgIpc) is 2.90. The van der Waals surface area contributed by atoms with Crippen molar-refractivity contribution in [3.8, 4) is 0 Å². The maximum absolute atomic E-state index is 13.1. The predicted molar refractivity (Wildman–Crippen MR) is 109 cm³/mol. The van der Waals surface area contributed by atoms with Gasteiger partial charge in [0.1, 0.15) is 11.9 Å². The molecule has 1 unspecified atom stereocenters. The molecule has 0 aromatic carbocycles. The van der Waals surface area contributed by atoms with E-state index in [2.05, 4.69) is 10.3 Å². The quantitative estimate of drug-likeness (QED) is 0.755. The highest BCUT2D eigenvalue weighted by atomic mass is 19.4. The number of rotatable bonds is 6. The van der Waals surface area contributed by atoms with Crippen LogP contribution in [0.25, 0.3) is 0 Å². The molecular weight excluding hydrogens is 397 g/mol. The Kier molecular flexibility index (Phi) is 8.09. The van der Waals surface area contributed by atoms with E-state index in [1.54, 1.807) is 4.90 Å². The van der Waals surface area contributed by atoms with Gasteiger partial charge in [-0.05, 0) is 30.4 Å². The van der Waals surface area contributed by atoms with Crippen molar-refractivity contribution in [1.29, 1.82) is 0 Å². The third kappa shape index (κ3) is 6.60. The van der Waals surface area contributed by atoms with Gasteiger partial charge in [0, 0.05) is 38.8 Å². The fourth-order valence-electron chi connectivity index (χ4n) is 3.42. The smallest absolute Gasteiger partial charge is 0.355 e. The molecule has 0 saturated carbocycles. The maximum atomic E-state index is 13.1. The lowest BCUT2D eigenvalue weighted by atomic mass is 10.0. The molecule has 1 aromatic heterocycles. The van der Waals surface area contributed by atoms with Gasteiger partial charge in [0.15, 0.2) is 0 Å². The van der Waals surface area contributed by atoms with Crippen LogP contribution in [0.1, 0.15) is 46.1 Å². The molecule has 0 aliphatic carbocycles. The molecule has 1 N–H and O–H groups in total. The van der Waals surface area contributed by atoms with Crippen LogP contribution in [0.15, 0.2) is 18.3 Å². The zero-order valence-electron chi connectivity index (χ0n) is 18.0. The SMILES string of the molecule is CC(C)CC(=O)NC(C(=O)N1CCCN(c2ccc(C(F)(F)F)cn2)CC1)C(C)C. The van der Waals surface area contributed by atoms with Crippen molar-refractivity contribution < 1.29 is 22.8 Å². The summed E-state index contributed by atoms with van der Waals surface area (Å²) in [5.74, 6) is 0.357. The second kappa shape index (κ2) is 10.1. The van der Waals surface area contributed by atoms with Crippen molar-refractivity contribution in [2.24, 2.45) is 11.8 Å². The van der Waals surface area contributed by atoms with Gasteiger partial charge in [0.2, 0.25) is 11.8 Å². The van der Waals surface area contributed by atoms with Gasteiger partial charge >= 0.3 is 6.18 Å². The molecule has 1 saturated heterocycles. The standard InChI is InChI=1S/C21H31F3N4O2/c1-14(2)12-18(29)26-19(15(3)4)20(30)28-9-5-8-27(10-11-28)17-7-6-16(13-25-17)21(22,23)24/h6-7,13-15,19H,5,8-12H2,1-4H3,(H,26,29). The lowest BCUT2D eigenvalue weighted by molar-refractivity contribution is -0.138. The second-order valence-electron chi connectivity index (χ2n) is 8.46. The van der Waals surface area contributed by atoms with Crippen LogP contribution < -0.4 is 10.2 Å². The van der Waals surface area contributed by atoms with Crippen molar-refractivity contribution in [2.45, 2.75) is 52.8 Å². The van der Waals surface area contributed by atoms with Gasteiger partial charge in [-0.25, -0.2) is 4.98 Å². The highest BCUT2D eigenvalue weighted by Gasteiger charge is 2.32. The highest BCUT2D eigenvalue weighted by molar-refractivity contribution is 5.88. The number of pyridine rings is 1. The molecule has 1 aliphatic heterocycles. The molecule has 1 atom stereocenters.